The Balaban J connectivity index is 1.62. The first kappa shape index (κ1) is 19.2. The largest absolute Gasteiger partial charge is 0.335 e. The maximum atomic E-state index is 12.8. The van der Waals surface area contributed by atoms with E-state index in [1.54, 1.807) is 21.8 Å². The van der Waals surface area contributed by atoms with Crippen molar-refractivity contribution in [2.75, 3.05) is 5.32 Å². The molecule has 0 saturated carbocycles. The second-order valence-electron chi connectivity index (χ2n) is 6.39. The van der Waals surface area contributed by atoms with Crippen LogP contribution in [0, 0.1) is 0 Å². The lowest BCUT2D eigenvalue weighted by molar-refractivity contribution is -0.132. The molecule has 0 unspecified atom stereocenters. The molecule has 0 spiro atoms. The van der Waals surface area contributed by atoms with Gasteiger partial charge in [-0.3, -0.25) is 19.6 Å². The average Bonchev–Trinajstić information content (AvgIpc) is 3.34. The standard InChI is InChI=1S/C18H21N5O2S2/c1-12(2)23(10-13-8-19-22(3)9-13)16(24)7-14-11-27-18(20-14)21-17(25)15-5-4-6-26-15/h4-6,8-9,11-12H,7,10H2,1-3H3,(H,20,21,25). The van der Waals surface area contributed by atoms with Gasteiger partial charge in [0.1, 0.15) is 0 Å². The molecule has 142 valence electrons. The van der Waals surface area contributed by atoms with E-state index in [9.17, 15) is 9.59 Å². The average molecular weight is 404 g/mol. The van der Waals surface area contributed by atoms with Crippen LogP contribution in [-0.4, -0.2) is 37.5 Å². The summed E-state index contributed by atoms with van der Waals surface area (Å²) in [6.45, 7) is 4.49. The SMILES string of the molecule is CC(C)N(Cc1cnn(C)c1)C(=O)Cc1csc(NC(=O)c2cccs2)n1. The highest BCUT2D eigenvalue weighted by Gasteiger charge is 2.20. The normalized spacial score (nSPS) is 11.0. The second-order valence-corrected chi connectivity index (χ2v) is 8.20. The van der Waals surface area contributed by atoms with Gasteiger partial charge in [-0.1, -0.05) is 6.07 Å². The summed E-state index contributed by atoms with van der Waals surface area (Å²) in [7, 11) is 1.85. The van der Waals surface area contributed by atoms with Crippen LogP contribution in [0.5, 0.6) is 0 Å². The Labute approximate surface area is 165 Å². The number of nitrogens with one attached hydrogen (secondary N) is 1. The lowest BCUT2D eigenvalue weighted by Crippen LogP contribution is -2.37. The van der Waals surface area contributed by atoms with Crippen LogP contribution < -0.4 is 5.32 Å². The van der Waals surface area contributed by atoms with Gasteiger partial charge in [-0.25, -0.2) is 4.98 Å². The van der Waals surface area contributed by atoms with Gasteiger partial charge in [-0.15, -0.1) is 22.7 Å². The molecule has 0 aromatic carbocycles. The van der Waals surface area contributed by atoms with E-state index in [0.29, 0.717) is 22.2 Å². The maximum Gasteiger partial charge on any atom is 0.267 e. The molecular formula is C18H21N5O2S2. The molecular weight excluding hydrogens is 382 g/mol. The Morgan fingerprint density at radius 1 is 1.33 bits per heavy atom. The van der Waals surface area contributed by atoms with E-state index in [2.05, 4.69) is 15.4 Å². The number of carbonyl (C=O) groups excluding carboxylic acids is 2. The zero-order valence-electron chi connectivity index (χ0n) is 15.4. The summed E-state index contributed by atoms with van der Waals surface area (Å²) in [6.07, 6.45) is 3.87. The highest BCUT2D eigenvalue weighted by Crippen LogP contribution is 2.19. The number of thiazole rings is 1. The molecule has 0 bridgehead atoms. The number of thiophene rings is 1. The smallest absolute Gasteiger partial charge is 0.267 e. The molecule has 0 aliphatic rings. The van der Waals surface area contributed by atoms with Gasteiger partial charge in [0.25, 0.3) is 5.91 Å². The van der Waals surface area contributed by atoms with E-state index in [0.717, 1.165) is 5.56 Å². The minimum atomic E-state index is -0.183. The van der Waals surface area contributed by atoms with Crippen LogP contribution in [0.4, 0.5) is 5.13 Å². The van der Waals surface area contributed by atoms with Crippen molar-refractivity contribution in [3.63, 3.8) is 0 Å². The molecule has 3 heterocycles. The second kappa shape index (κ2) is 8.45. The summed E-state index contributed by atoms with van der Waals surface area (Å²) < 4.78 is 1.72. The summed E-state index contributed by atoms with van der Waals surface area (Å²) in [5.41, 5.74) is 1.64. The van der Waals surface area contributed by atoms with Crippen LogP contribution in [-0.2, 0) is 24.8 Å². The Hall–Kier alpha value is -2.52. The van der Waals surface area contributed by atoms with Crippen molar-refractivity contribution in [2.45, 2.75) is 32.9 Å². The summed E-state index contributed by atoms with van der Waals surface area (Å²) in [5, 5.41) is 11.1. The topological polar surface area (TPSA) is 80.1 Å². The van der Waals surface area contributed by atoms with Gasteiger partial charge < -0.3 is 4.90 Å². The Kier molecular flexibility index (Phi) is 6.02. The molecule has 0 aliphatic heterocycles. The molecule has 7 nitrogen and oxygen atoms in total. The highest BCUT2D eigenvalue weighted by molar-refractivity contribution is 7.14. The molecule has 27 heavy (non-hydrogen) atoms. The van der Waals surface area contributed by atoms with Crippen LogP contribution >= 0.6 is 22.7 Å². The fraction of sp³-hybridized carbons (Fsp3) is 0.333. The van der Waals surface area contributed by atoms with Crippen molar-refractivity contribution in [1.29, 1.82) is 0 Å². The van der Waals surface area contributed by atoms with Crippen molar-refractivity contribution in [1.82, 2.24) is 19.7 Å². The molecule has 1 N–H and O–H groups in total. The summed E-state index contributed by atoms with van der Waals surface area (Å²) in [4.78, 5) is 31.7. The molecule has 0 aliphatic carbocycles. The first-order valence-electron chi connectivity index (χ1n) is 8.48. The summed E-state index contributed by atoms with van der Waals surface area (Å²) in [6, 6.07) is 3.65. The van der Waals surface area contributed by atoms with E-state index in [1.807, 2.05) is 43.9 Å². The van der Waals surface area contributed by atoms with E-state index < -0.39 is 0 Å². The molecule has 3 aromatic heterocycles. The lowest BCUT2D eigenvalue weighted by atomic mass is 10.2. The molecule has 2 amide bonds. The third kappa shape index (κ3) is 5.01. The third-order valence-electron chi connectivity index (χ3n) is 3.90. The van der Waals surface area contributed by atoms with Crippen molar-refractivity contribution in [3.05, 3.63) is 51.4 Å². The first-order chi connectivity index (χ1) is 12.9. The van der Waals surface area contributed by atoms with E-state index in [4.69, 9.17) is 0 Å². The van der Waals surface area contributed by atoms with Gasteiger partial charge >= 0.3 is 0 Å². The fourth-order valence-electron chi connectivity index (χ4n) is 2.58. The summed E-state index contributed by atoms with van der Waals surface area (Å²) in [5.74, 6) is -0.187. The Morgan fingerprint density at radius 3 is 2.78 bits per heavy atom. The van der Waals surface area contributed by atoms with Crippen molar-refractivity contribution < 1.29 is 9.59 Å². The zero-order chi connectivity index (χ0) is 19.4. The van der Waals surface area contributed by atoms with E-state index in [-0.39, 0.29) is 24.3 Å². The lowest BCUT2D eigenvalue weighted by Gasteiger charge is -2.26. The van der Waals surface area contributed by atoms with Crippen LogP contribution in [0.1, 0.15) is 34.8 Å². The van der Waals surface area contributed by atoms with Crippen LogP contribution in [0.15, 0.2) is 35.3 Å². The monoisotopic (exact) mass is 403 g/mol. The van der Waals surface area contributed by atoms with E-state index >= 15 is 0 Å². The third-order valence-corrected chi connectivity index (χ3v) is 5.58. The number of hydrogen-bond acceptors (Lipinski definition) is 6. The van der Waals surface area contributed by atoms with Gasteiger partial charge in [-0.05, 0) is 25.3 Å². The quantitative estimate of drug-likeness (QED) is 0.657. The zero-order valence-corrected chi connectivity index (χ0v) is 17.0. The molecule has 9 heteroatoms. The van der Waals surface area contributed by atoms with Gasteiger partial charge in [0.05, 0.1) is 23.2 Å². The number of hydrogen-bond donors (Lipinski definition) is 1. The van der Waals surface area contributed by atoms with Gasteiger partial charge in [0.2, 0.25) is 5.91 Å². The predicted octanol–water partition coefficient (Wildman–Crippen LogP) is 3.17. The molecule has 0 radical (unpaired) electrons. The number of amides is 2. The van der Waals surface area contributed by atoms with E-state index in [1.165, 1.54) is 22.7 Å². The molecule has 0 saturated heterocycles. The van der Waals surface area contributed by atoms with Gasteiger partial charge in [0.15, 0.2) is 5.13 Å². The van der Waals surface area contributed by atoms with Crippen molar-refractivity contribution in [3.8, 4) is 0 Å². The van der Waals surface area contributed by atoms with Gasteiger partial charge in [-0.2, -0.15) is 5.10 Å². The highest BCUT2D eigenvalue weighted by atomic mass is 32.1. The van der Waals surface area contributed by atoms with Crippen molar-refractivity contribution >= 4 is 39.6 Å². The molecule has 3 rings (SSSR count). The minimum absolute atomic E-state index is 0.00436. The predicted molar refractivity (Wildman–Crippen MR) is 107 cm³/mol. The van der Waals surface area contributed by atoms with Crippen LogP contribution in [0.2, 0.25) is 0 Å². The molecule has 3 aromatic rings. The van der Waals surface area contributed by atoms with Crippen molar-refractivity contribution in [2.24, 2.45) is 7.05 Å². The number of rotatable bonds is 7. The molecule has 0 fully saturated rings. The summed E-state index contributed by atoms with van der Waals surface area (Å²) >= 11 is 2.70. The van der Waals surface area contributed by atoms with Crippen LogP contribution in [0.3, 0.4) is 0 Å². The number of anilines is 1. The first-order valence-corrected chi connectivity index (χ1v) is 10.2. The number of carbonyl (C=O) groups is 2. The molecule has 0 atom stereocenters. The number of aromatic nitrogens is 3. The number of aryl methyl sites for hydroxylation is 1. The van der Waals surface area contributed by atoms with Crippen LogP contribution in [0.25, 0.3) is 0 Å². The number of nitrogens with zero attached hydrogens (tertiary/aromatic N) is 4. The Bertz CT molecular complexity index is 914. The van der Waals surface area contributed by atoms with Gasteiger partial charge in [0, 0.05) is 36.8 Å². The minimum Gasteiger partial charge on any atom is -0.335 e. The fourth-order valence-corrected chi connectivity index (χ4v) is 3.90. The maximum absolute atomic E-state index is 12.8. The Morgan fingerprint density at radius 2 is 2.15 bits per heavy atom.